The number of nitrogens with zero attached hydrogens (tertiary/aromatic N) is 1. The van der Waals surface area contributed by atoms with E-state index in [0.717, 1.165) is 44.5 Å². The smallest absolute Gasteiger partial charge is 0.227 e. The van der Waals surface area contributed by atoms with Gasteiger partial charge in [0.05, 0.1) is 5.92 Å². The summed E-state index contributed by atoms with van der Waals surface area (Å²) in [5.41, 5.74) is 2.48. The lowest BCUT2D eigenvalue weighted by atomic mass is 9.94. The highest BCUT2D eigenvalue weighted by Crippen LogP contribution is 2.21. The van der Waals surface area contributed by atoms with Gasteiger partial charge in [0.2, 0.25) is 5.91 Å². The minimum atomic E-state index is -0.0384. The normalized spacial score (nSPS) is 17.2. The van der Waals surface area contributed by atoms with Crippen LogP contribution < -0.4 is 5.32 Å². The summed E-state index contributed by atoms with van der Waals surface area (Å²) < 4.78 is 0. The SMILES string of the molecule is CCC(C(=O)NC1CCN(Cc2ccccc2)CC1)c1ccccc1. The maximum absolute atomic E-state index is 12.7. The van der Waals surface area contributed by atoms with Crippen LogP contribution >= 0.6 is 0 Å². The molecule has 132 valence electrons. The van der Waals surface area contributed by atoms with Crippen molar-refractivity contribution in [3.05, 3.63) is 71.8 Å². The molecule has 1 fully saturated rings. The van der Waals surface area contributed by atoms with Gasteiger partial charge in [-0.15, -0.1) is 0 Å². The Kier molecular flexibility index (Phi) is 6.24. The molecule has 0 bridgehead atoms. The first-order valence-corrected chi connectivity index (χ1v) is 9.38. The van der Waals surface area contributed by atoms with Crippen molar-refractivity contribution in [1.82, 2.24) is 10.2 Å². The summed E-state index contributed by atoms with van der Waals surface area (Å²) in [6, 6.07) is 21.0. The van der Waals surface area contributed by atoms with Crippen molar-refractivity contribution in [1.29, 1.82) is 0 Å². The Bertz CT molecular complexity index is 648. The average molecular weight is 336 g/mol. The monoisotopic (exact) mass is 336 g/mol. The number of hydrogen-bond donors (Lipinski definition) is 1. The molecule has 2 aromatic carbocycles. The summed E-state index contributed by atoms with van der Waals surface area (Å²) in [5.74, 6) is 0.138. The summed E-state index contributed by atoms with van der Waals surface area (Å²) in [6.07, 6.45) is 2.90. The van der Waals surface area contributed by atoms with Crippen LogP contribution in [0.4, 0.5) is 0 Å². The van der Waals surface area contributed by atoms with Crippen molar-refractivity contribution in [2.45, 2.75) is 44.7 Å². The summed E-state index contributed by atoms with van der Waals surface area (Å²) in [7, 11) is 0. The molecule has 0 spiro atoms. The van der Waals surface area contributed by atoms with Gasteiger partial charge in [-0.2, -0.15) is 0 Å². The molecule has 25 heavy (non-hydrogen) atoms. The minimum absolute atomic E-state index is 0.0384. The number of carbonyl (C=O) groups excluding carboxylic acids is 1. The predicted molar refractivity (Wildman–Crippen MR) is 102 cm³/mol. The summed E-state index contributed by atoms with van der Waals surface area (Å²) >= 11 is 0. The second-order valence-corrected chi connectivity index (χ2v) is 6.92. The van der Waals surface area contributed by atoms with E-state index in [-0.39, 0.29) is 11.8 Å². The molecule has 1 unspecified atom stereocenters. The molecule has 1 aliphatic heterocycles. The number of rotatable bonds is 6. The van der Waals surface area contributed by atoms with Crippen LogP contribution in [-0.4, -0.2) is 29.9 Å². The number of nitrogens with one attached hydrogen (secondary N) is 1. The topological polar surface area (TPSA) is 32.3 Å². The third kappa shape index (κ3) is 4.93. The van der Waals surface area contributed by atoms with Gasteiger partial charge in [0.1, 0.15) is 0 Å². The van der Waals surface area contributed by atoms with E-state index >= 15 is 0 Å². The van der Waals surface area contributed by atoms with Crippen LogP contribution in [0.15, 0.2) is 60.7 Å². The van der Waals surface area contributed by atoms with Crippen molar-refractivity contribution < 1.29 is 4.79 Å². The van der Waals surface area contributed by atoms with Gasteiger partial charge in [0.25, 0.3) is 0 Å². The Labute approximate surface area is 151 Å². The van der Waals surface area contributed by atoms with Gasteiger partial charge in [-0.25, -0.2) is 0 Å². The predicted octanol–water partition coefficient (Wildman–Crippen LogP) is 3.96. The van der Waals surface area contributed by atoms with Gasteiger partial charge in [-0.05, 0) is 30.4 Å². The molecule has 1 heterocycles. The lowest BCUT2D eigenvalue weighted by Crippen LogP contribution is -2.45. The Morgan fingerprint density at radius 2 is 1.64 bits per heavy atom. The number of benzene rings is 2. The molecular weight excluding hydrogens is 308 g/mol. The first-order valence-electron chi connectivity index (χ1n) is 9.38. The minimum Gasteiger partial charge on any atom is -0.353 e. The molecule has 3 nitrogen and oxygen atoms in total. The Balaban J connectivity index is 1.49. The van der Waals surface area contributed by atoms with E-state index in [0.29, 0.717) is 6.04 Å². The molecule has 1 N–H and O–H groups in total. The zero-order valence-corrected chi connectivity index (χ0v) is 15.0. The van der Waals surface area contributed by atoms with E-state index in [1.54, 1.807) is 0 Å². The molecule has 1 aliphatic rings. The first-order chi connectivity index (χ1) is 12.3. The number of piperidine rings is 1. The highest BCUT2D eigenvalue weighted by molar-refractivity contribution is 5.83. The van der Waals surface area contributed by atoms with Gasteiger partial charge in [0, 0.05) is 25.7 Å². The highest BCUT2D eigenvalue weighted by Gasteiger charge is 2.24. The number of amides is 1. The number of carbonyl (C=O) groups is 1. The third-order valence-electron chi connectivity index (χ3n) is 5.11. The molecular formula is C22H28N2O. The van der Waals surface area contributed by atoms with Crippen LogP contribution in [0.25, 0.3) is 0 Å². The van der Waals surface area contributed by atoms with Crippen molar-refractivity contribution >= 4 is 5.91 Å². The zero-order valence-electron chi connectivity index (χ0n) is 15.0. The van der Waals surface area contributed by atoms with E-state index < -0.39 is 0 Å². The van der Waals surface area contributed by atoms with E-state index in [1.165, 1.54) is 5.56 Å². The van der Waals surface area contributed by atoms with Crippen molar-refractivity contribution in [2.75, 3.05) is 13.1 Å². The van der Waals surface area contributed by atoms with Gasteiger partial charge >= 0.3 is 0 Å². The fraction of sp³-hybridized carbons (Fsp3) is 0.409. The summed E-state index contributed by atoms with van der Waals surface area (Å²) in [4.78, 5) is 15.2. The van der Waals surface area contributed by atoms with Gasteiger partial charge in [-0.1, -0.05) is 67.6 Å². The van der Waals surface area contributed by atoms with E-state index in [2.05, 4.69) is 59.6 Å². The second-order valence-electron chi connectivity index (χ2n) is 6.92. The quantitative estimate of drug-likeness (QED) is 0.866. The van der Waals surface area contributed by atoms with Crippen molar-refractivity contribution in [3.63, 3.8) is 0 Å². The molecule has 0 radical (unpaired) electrons. The number of hydrogen-bond acceptors (Lipinski definition) is 2. The van der Waals surface area contributed by atoms with Gasteiger partial charge in [-0.3, -0.25) is 9.69 Å². The molecule has 0 aliphatic carbocycles. The second kappa shape index (κ2) is 8.82. The molecule has 3 heteroatoms. The molecule has 1 saturated heterocycles. The molecule has 0 aromatic heterocycles. The van der Waals surface area contributed by atoms with Crippen molar-refractivity contribution in [2.24, 2.45) is 0 Å². The highest BCUT2D eigenvalue weighted by atomic mass is 16.1. The summed E-state index contributed by atoms with van der Waals surface area (Å²) in [6.45, 7) is 5.17. The standard InChI is InChI=1S/C22H28N2O/c1-2-21(19-11-7-4-8-12-19)22(25)23-20-13-15-24(16-14-20)17-18-9-5-3-6-10-18/h3-12,20-21H,2,13-17H2,1H3,(H,23,25). The Morgan fingerprint density at radius 3 is 2.24 bits per heavy atom. The van der Waals surface area contributed by atoms with Crippen LogP contribution in [0, 0.1) is 0 Å². The lowest BCUT2D eigenvalue weighted by Gasteiger charge is -2.33. The molecule has 0 saturated carbocycles. The van der Waals surface area contributed by atoms with E-state index in [1.807, 2.05) is 18.2 Å². The van der Waals surface area contributed by atoms with Crippen molar-refractivity contribution in [3.8, 4) is 0 Å². The van der Waals surface area contributed by atoms with Crippen LogP contribution in [0.1, 0.15) is 43.2 Å². The zero-order chi connectivity index (χ0) is 17.5. The van der Waals surface area contributed by atoms with Crippen LogP contribution in [-0.2, 0) is 11.3 Å². The van der Waals surface area contributed by atoms with E-state index in [9.17, 15) is 4.79 Å². The van der Waals surface area contributed by atoms with Crippen LogP contribution in [0.5, 0.6) is 0 Å². The lowest BCUT2D eigenvalue weighted by molar-refractivity contribution is -0.123. The van der Waals surface area contributed by atoms with Gasteiger partial charge in [0.15, 0.2) is 0 Å². The van der Waals surface area contributed by atoms with Crippen LogP contribution in [0.2, 0.25) is 0 Å². The molecule has 1 amide bonds. The molecule has 1 atom stereocenters. The Morgan fingerprint density at radius 1 is 1.04 bits per heavy atom. The Hall–Kier alpha value is -2.13. The number of likely N-dealkylation sites (tertiary alicyclic amines) is 1. The first kappa shape index (κ1) is 17.7. The molecule has 2 aromatic rings. The fourth-order valence-electron chi connectivity index (χ4n) is 3.64. The fourth-order valence-corrected chi connectivity index (χ4v) is 3.64. The summed E-state index contributed by atoms with van der Waals surface area (Å²) in [5, 5.41) is 3.29. The maximum atomic E-state index is 12.7. The average Bonchev–Trinajstić information content (AvgIpc) is 2.66. The van der Waals surface area contributed by atoms with Gasteiger partial charge < -0.3 is 5.32 Å². The maximum Gasteiger partial charge on any atom is 0.227 e. The third-order valence-corrected chi connectivity index (χ3v) is 5.11. The van der Waals surface area contributed by atoms with Crippen LogP contribution in [0.3, 0.4) is 0 Å². The molecule has 3 rings (SSSR count). The largest absolute Gasteiger partial charge is 0.353 e. The van der Waals surface area contributed by atoms with E-state index in [4.69, 9.17) is 0 Å².